The summed E-state index contributed by atoms with van der Waals surface area (Å²) in [4.78, 5) is 36.1. The summed E-state index contributed by atoms with van der Waals surface area (Å²) in [6.45, 7) is 4.65. The minimum Gasteiger partial charge on any atom is -0.466 e. The summed E-state index contributed by atoms with van der Waals surface area (Å²) in [5.74, 6) is -1.21. The summed E-state index contributed by atoms with van der Waals surface area (Å²) >= 11 is 0. The van der Waals surface area contributed by atoms with Crippen LogP contribution in [0.1, 0.15) is 33.1 Å². The van der Waals surface area contributed by atoms with Crippen LogP contribution in [0, 0.1) is 5.92 Å². The van der Waals surface area contributed by atoms with Gasteiger partial charge in [0.25, 0.3) is 0 Å². The first kappa shape index (κ1) is 15.6. The minimum atomic E-state index is -0.497. The van der Waals surface area contributed by atoms with Gasteiger partial charge in [0.15, 0.2) is 5.78 Å². The number of Topliss-reactive ketones (excluding diaryl/α,β-unsaturated/α-hetero) is 1. The quantitative estimate of drug-likeness (QED) is 0.546. The molecule has 1 saturated heterocycles. The summed E-state index contributed by atoms with van der Waals surface area (Å²) in [5.41, 5.74) is 5.30. The molecule has 1 fully saturated rings. The van der Waals surface area contributed by atoms with Crippen LogP contribution in [0.3, 0.4) is 0 Å². The van der Waals surface area contributed by atoms with Crippen molar-refractivity contribution in [1.82, 2.24) is 4.90 Å². The van der Waals surface area contributed by atoms with E-state index in [2.05, 4.69) is 0 Å². The number of nitrogens with zero attached hydrogens (tertiary/aromatic N) is 1. The van der Waals surface area contributed by atoms with Crippen LogP contribution in [-0.2, 0) is 19.1 Å². The molecule has 0 spiro atoms. The number of rotatable bonds is 6. The molecule has 0 radical (unpaired) electrons. The van der Waals surface area contributed by atoms with Crippen LogP contribution in [-0.4, -0.2) is 48.3 Å². The lowest BCUT2D eigenvalue weighted by atomic mass is 9.92. The molecule has 1 aliphatic heterocycles. The summed E-state index contributed by atoms with van der Waals surface area (Å²) in [6.07, 6.45) is 1.39. The Bertz CT molecular complexity index is 357. The maximum Gasteiger partial charge on any atom is 0.313 e. The fourth-order valence-electron chi connectivity index (χ4n) is 2.29. The molecule has 1 rings (SSSR count). The molecule has 0 bridgehead atoms. The molecule has 2 unspecified atom stereocenters. The van der Waals surface area contributed by atoms with E-state index in [1.807, 2.05) is 11.8 Å². The van der Waals surface area contributed by atoms with Gasteiger partial charge in [0.1, 0.15) is 6.42 Å². The van der Waals surface area contributed by atoms with Crippen molar-refractivity contribution in [2.24, 2.45) is 11.7 Å². The number of hydrogen-bond donors (Lipinski definition) is 1. The van der Waals surface area contributed by atoms with Crippen molar-refractivity contribution in [3.05, 3.63) is 0 Å². The maximum atomic E-state index is 11.8. The molecule has 0 aliphatic carbocycles. The highest BCUT2D eigenvalue weighted by atomic mass is 16.5. The summed E-state index contributed by atoms with van der Waals surface area (Å²) < 4.78 is 4.74. The van der Waals surface area contributed by atoms with Crippen LogP contribution in [0.25, 0.3) is 0 Å². The Labute approximate surface area is 113 Å². The summed E-state index contributed by atoms with van der Waals surface area (Å²) in [6, 6.07) is 0.224. The number of esters is 1. The largest absolute Gasteiger partial charge is 0.466 e. The number of hydrogen-bond acceptors (Lipinski definition) is 5. The number of piperidine rings is 1. The normalized spacial score (nSPS) is 23.9. The minimum absolute atomic E-state index is 0.170. The molecule has 2 atom stereocenters. The van der Waals surface area contributed by atoms with Gasteiger partial charge in [-0.15, -0.1) is 0 Å². The van der Waals surface area contributed by atoms with Gasteiger partial charge in [-0.3, -0.25) is 19.3 Å². The zero-order chi connectivity index (χ0) is 14.4. The van der Waals surface area contributed by atoms with E-state index < -0.39 is 5.97 Å². The average Bonchev–Trinajstić information content (AvgIpc) is 2.31. The van der Waals surface area contributed by atoms with Crippen molar-refractivity contribution >= 4 is 17.7 Å². The monoisotopic (exact) mass is 270 g/mol. The highest BCUT2D eigenvalue weighted by Crippen LogP contribution is 2.21. The predicted octanol–water partition coefficient (Wildman–Crippen LogP) is 0.0945. The number of carbonyl (C=O) groups excluding carboxylic acids is 3. The Hall–Kier alpha value is -1.43. The molecule has 1 aliphatic rings. The fourth-order valence-corrected chi connectivity index (χ4v) is 2.29. The van der Waals surface area contributed by atoms with E-state index in [0.717, 1.165) is 12.8 Å². The second kappa shape index (κ2) is 7.23. The summed E-state index contributed by atoms with van der Waals surface area (Å²) in [5, 5.41) is 0. The lowest BCUT2D eigenvalue weighted by Crippen LogP contribution is -2.47. The number of nitrogens with two attached hydrogens (primary N) is 1. The molecular weight excluding hydrogens is 248 g/mol. The molecule has 2 N–H and O–H groups in total. The molecule has 0 aromatic heterocycles. The highest BCUT2D eigenvalue weighted by Gasteiger charge is 2.29. The second-order valence-corrected chi connectivity index (χ2v) is 4.98. The first-order valence-electron chi connectivity index (χ1n) is 6.64. The van der Waals surface area contributed by atoms with Crippen LogP contribution >= 0.6 is 0 Å². The number of amides is 1. The third kappa shape index (κ3) is 4.98. The van der Waals surface area contributed by atoms with Crippen LogP contribution in [0.4, 0.5) is 0 Å². The zero-order valence-electron chi connectivity index (χ0n) is 11.6. The van der Waals surface area contributed by atoms with Crippen LogP contribution < -0.4 is 5.73 Å². The summed E-state index contributed by atoms with van der Waals surface area (Å²) in [7, 11) is 0. The Morgan fingerprint density at radius 3 is 2.58 bits per heavy atom. The first-order chi connectivity index (χ1) is 8.93. The van der Waals surface area contributed by atoms with Gasteiger partial charge in [-0.25, -0.2) is 0 Å². The van der Waals surface area contributed by atoms with Gasteiger partial charge in [0.2, 0.25) is 5.91 Å². The molecule has 0 saturated carbocycles. The number of likely N-dealkylation sites (tertiary alicyclic amines) is 1. The molecular formula is C13H22N2O4. The zero-order valence-corrected chi connectivity index (χ0v) is 11.6. The molecule has 108 valence electrons. The standard InChI is InChI=1S/C13H22N2O4/c1-3-19-12(17)6-11(16)8-15-7-10(13(14)18)5-4-9(15)2/h9-10H,3-8H2,1-2H3,(H2,14,18). The van der Waals surface area contributed by atoms with E-state index in [-0.39, 0.29) is 43.2 Å². The van der Waals surface area contributed by atoms with E-state index in [0.29, 0.717) is 6.54 Å². The predicted molar refractivity (Wildman–Crippen MR) is 69.2 cm³/mol. The number of ketones is 1. The lowest BCUT2D eigenvalue weighted by Gasteiger charge is -2.36. The van der Waals surface area contributed by atoms with Crippen LogP contribution in [0.2, 0.25) is 0 Å². The second-order valence-electron chi connectivity index (χ2n) is 4.98. The van der Waals surface area contributed by atoms with Crippen molar-refractivity contribution in [2.45, 2.75) is 39.2 Å². The van der Waals surface area contributed by atoms with E-state index in [1.54, 1.807) is 6.92 Å². The van der Waals surface area contributed by atoms with Crippen LogP contribution in [0.5, 0.6) is 0 Å². The van der Waals surface area contributed by atoms with Gasteiger partial charge < -0.3 is 10.5 Å². The average molecular weight is 270 g/mol. The topological polar surface area (TPSA) is 89.7 Å². The van der Waals surface area contributed by atoms with Gasteiger partial charge in [-0.05, 0) is 26.7 Å². The molecule has 1 heterocycles. The van der Waals surface area contributed by atoms with Crippen molar-refractivity contribution in [1.29, 1.82) is 0 Å². The van der Waals surface area contributed by atoms with Gasteiger partial charge in [0, 0.05) is 12.6 Å². The lowest BCUT2D eigenvalue weighted by molar-refractivity contribution is -0.146. The fraction of sp³-hybridized carbons (Fsp3) is 0.769. The van der Waals surface area contributed by atoms with Gasteiger partial charge >= 0.3 is 5.97 Å². The maximum absolute atomic E-state index is 11.8. The van der Waals surface area contributed by atoms with Crippen molar-refractivity contribution in [3.63, 3.8) is 0 Å². The Kier molecular flexibility index (Phi) is 5.95. The molecule has 1 amide bonds. The van der Waals surface area contributed by atoms with Gasteiger partial charge in [-0.1, -0.05) is 0 Å². The number of primary amides is 1. The molecule has 6 heteroatoms. The van der Waals surface area contributed by atoms with E-state index >= 15 is 0 Å². The third-order valence-electron chi connectivity index (χ3n) is 3.44. The van der Waals surface area contributed by atoms with Gasteiger partial charge in [-0.2, -0.15) is 0 Å². The Balaban J connectivity index is 2.47. The molecule has 0 aromatic rings. The Morgan fingerprint density at radius 2 is 2.00 bits per heavy atom. The van der Waals surface area contributed by atoms with Crippen LogP contribution in [0.15, 0.2) is 0 Å². The van der Waals surface area contributed by atoms with Crippen molar-refractivity contribution in [2.75, 3.05) is 19.7 Å². The highest BCUT2D eigenvalue weighted by molar-refractivity contribution is 5.96. The van der Waals surface area contributed by atoms with Gasteiger partial charge in [0.05, 0.1) is 19.1 Å². The van der Waals surface area contributed by atoms with E-state index in [4.69, 9.17) is 10.5 Å². The van der Waals surface area contributed by atoms with E-state index in [9.17, 15) is 14.4 Å². The smallest absolute Gasteiger partial charge is 0.313 e. The molecule has 6 nitrogen and oxygen atoms in total. The first-order valence-corrected chi connectivity index (χ1v) is 6.64. The third-order valence-corrected chi connectivity index (χ3v) is 3.44. The number of carbonyl (C=O) groups is 3. The SMILES string of the molecule is CCOC(=O)CC(=O)CN1CC(C(N)=O)CCC1C. The molecule has 0 aromatic carbocycles. The Morgan fingerprint density at radius 1 is 1.32 bits per heavy atom. The van der Waals surface area contributed by atoms with Crippen molar-refractivity contribution in [3.8, 4) is 0 Å². The van der Waals surface area contributed by atoms with E-state index in [1.165, 1.54) is 0 Å². The molecule has 19 heavy (non-hydrogen) atoms. The number of ether oxygens (including phenoxy) is 1. The van der Waals surface area contributed by atoms with Crippen molar-refractivity contribution < 1.29 is 19.1 Å².